The number of aromatic nitrogens is 2. The molecule has 0 radical (unpaired) electrons. The van der Waals surface area contributed by atoms with Gasteiger partial charge < -0.3 is 15.6 Å². The molecule has 20 heavy (non-hydrogen) atoms. The Morgan fingerprint density at radius 1 is 1.30 bits per heavy atom. The Morgan fingerprint density at radius 2 is 1.95 bits per heavy atom. The molecular weight excluding hydrogens is 262 g/mol. The highest BCUT2D eigenvalue weighted by Crippen LogP contribution is 2.10. The lowest BCUT2D eigenvalue weighted by atomic mass is 10.2. The third-order valence-electron chi connectivity index (χ3n) is 3.23. The van der Waals surface area contributed by atoms with Gasteiger partial charge in [0.2, 0.25) is 5.91 Å². The van der Waals surface area contributed by atoms with Crippen molar-refractivity contribution in [1.82, 2.24) is 19.8 Å². The molecule has 1 aromatic rings. The Kier molecular flexibility index (Phi) is 4.14. The van der Waals surface area contributed by atoms with Crippen molar-refractivity contribution in [3.63, 3.8) is 0 Å². The molecule has 1 saturated heterocycles. The summed E-state index contributed by atoms with van der Waals surface area (Å²) in [5.41, 5.74) is 5.52. The van der Waals surface area contributed by atoms with Gasteiger partial charge in [0.1, 0.15) is 11.4 Å². The van der Waals surface area contributed by atoms with E-state index in [0.29, 0.717) is 26.2 Å². The molecule has 1 aromatic heterocycles. The molecular formula is C12H17N5O3. The summed E-state index contributed by atoms with van der Waals surface area (Å²) in [5, 5.41) is 0. The number of piperazine rings is 1. The second kappa shape index (κ2) is 5.83. The maximum Gasteiger partial charge on any atom is 0.272 e. The van der Waals surface area contributed by atoms with E-state index in [4.69, 9.17) is 5.73 Å². The SMILES string of the molecule is CC(=O)c1nc[nH]c1C(=O)N1CCN(CC(N)=O)CC1. The minimum Gasteiger partial charge on any atom is -0.369 e. The molecule has 1 fully saturated rings. The normalized spacial score (nSPS) is 16.1. The second-order valence-corrected chi connectivity index (χ2v) is 4.72. The summed E-state index contributed by atoms with van der Waals surface area (Å²) < 4.78 is 0. The predicted molar refractivity (Wildman–Crippen MR) is 70.1 cm³/mol. The number of amides is 2. The molecule has 0 unspecified atom stereocenters. The number of rotatable bonds is 4. The number of carbonyl (C=O) groups excluding carboxylic acids is 3. The van der Waals surface area contributed by atoms with Gasteiger partial charge in [0.25, 0.3) is 5.91 Å². The fourth-order valence-electron chi connectivity index (χ4n) is 2.21. The van der Waals surface area contributed by atoms with Gasteiger partial charge in [-0.1, -0.05) is 0 Å². The largest absolute Gasteiger partial charge is 0.369 e. The van der Waals surface area contributed by atoms with Crippen molar-refractivity contribution in [2.75, 3.05) is 32.7 Å². The lowest BCUT2D eigenvalue weighted by Crippen LogP contribution is -2.50. The number of H-pyrrole nitrogens is 1. The molecule has 3 N–H and O–H groups in total. The Labute approximate surface area is 115 Å². The predicted octanol–water partition coefficient (Wildman–Crippen LogP) is -1.14. The smallest absolute Gasteiger partial charge is 0.272 e. The number of nitrogens with one attached hydrogen (secondary N) is 1. The molecule has 0 aliphatic carbocycles. The fourth-order valence-corrected chi connectivity index (χ4v) is 2.21. The quantitative estimate of drug-likeness (QED) is 0.676. The monoisotopic (exact) mass is 279 g/mol. The fraction of sp³-hybridized carbons (Fsp3) is 0.500. The number of nitrogens with two attached hydrogens (primary N) is 1. The number of imidazole rings is 1. The molecule has 0 atom stereocenters. The number of hydrogen-bond acceptors (Lipinski definition) is 5. The summed E-state index contributed by atoms with van der Waals surface area (Å²) in [5.74, 6) is -0.870. The molecule has 0 aromatic carbocycles. The molecule has 2 heterocycles. The van der Waals surface area contributed by atoms with E-state index in [1.807, 2.05) is 4.90 Å². The van der Waals surface area contributed by atoms with Crippen molar-refractivity contribution >= 4 is 17.6 Å². The van der Waals surface area contributed by atoms with Crippen LogP contribution in [-0.2, 0) is 4.79 Å². The summed E-state index contributed by atoms with van der Waals surface area (Å²) in [6.07, 6.45) is 1.34. The van der Waals surface area contributed by atoms with E-state index in [1.54, 1.807) is 4.90 Å². The number of primary amides is 1. The zero-order chi connectivity index (χ0) is 14.7. The Morgan fingerprint density at radius 3 is 2.50 bits per heavy atom. The molecule has 108 valence electrons. The van der Waals surface area contributed by atoms with Crippen LogP contribution < -0.4 is 5.73 Å². The Hall–Kier alpha value is -2.22. The van der Waals surface area contributed by atoms with E-state index in [2.05, 4.69) is 9.97 Å². The Bertz CT molecular complexity index is 531. The van der Waals surface area contributed by atoms with E-state index in [0.717, 1.165) is 0 Å². The summed E-state index contributed by atoms with van der Waals surface area (Å²) >= 11 is 0. The maximum atomic E-state index is 12.3. The average molecular weight is 279 g/mol. The van der Waals surface area contributed by atoms with Crippen molar-refractivity contribution in [3.8, 4) is 0 Å². The molecule has 0 bridgehead atoms. The number of aromatic amines is 1. The first-order valence-corrected chi connectivity index (χ1v) is 6.33. The third kappa shape index (κ3) is 3.02. The number of Topliss-reactive ketones (excluding diaryl/α,β-unsaturated/α-hetero) is 1. The van der Waals surface area contributed by atoms with Gasteiger partial charge in [-0.05, 0) is 0 Å². The highest BCUT2D eigenvalue weighted by atomic mass is 16.2. The van der Waals surface area contributed by atoms with Crippen molar-refractivity contribution in [2.45, 2.75) is 6.92 Å². The van der Waals surface area contributed by atoms with Crippen LogP contribution >= 0.6 is 0 Å². The minimum absolute atomic E-state index is 0.162. The van der Waals surface area contributed by atoms with E-state index >= 15 is 0 Å². The standard InChI is InChI=1S/C12H17N5O3/c1-8(18)10-11(15-7-14-10)12(20)17-4-2-16(3-5-17)6-9(13)19/h7H,2-6H2,1H3,(H2,13,19)(H,14,15). The third-order valence-corrected chi connectivity index (χ3v) is 3.23. The highest BCUT2D eigenvalue weighted by Gasteiger charge is 2.26. The maximum absolute atomic E-state index is 12.3. The summed E-state index contributed by atoms with van der Waals surface area (Å²) in [6.45, 7) is 3.71. The van der Waals surface area contributed by atoms with Gasteiger partial charge in [0, 0.05) is 33.1 Å². The molecule has 8 nitrogen and oxygen atoms in total. The van der Waals surface area contributed by atoms with Gasteiger partial charge in [-0.25, -0.2) is 4.98 Å². The lowest BCUT2D eigenvalue weighted by molar-refractivity contribution is -0.119. The van der Waals surface area contributed by atoms with E-state index in [9.17, 15) is 14.4 Å². The minimum atomic E-state index is -0.378. The van der Waals surface area contributed by atoms with Gasteiger partial charge in [-0.2, -0.15) is 0 Å². The topological polar surface area (TPSA) is 112 Å². The number of hydrogen-bond donors (Lipinski definition) is 2. The van der Waals surface area contributed by atoms with E-state index in [-0.39, 0.29) is 35.5 Å². The van der Waals surface area contributed by atoms with Crippen LogP contribution in [0.2, 0.25) is 0 Å². The molecule has 2 amide bonds. The van der Waals surface area contributed by atoms with Crippen LogP contribution in [-0.4, -0.2) is 70.1 Å². The zero-order valence-corrected chi connectivity index (χ0v) is 11.3. The van der Waals surface area contributed by atoms with Gasteiger partial charge in [0.05, 0.1) is 12.9 Å². The first-order valence-electron chi connectivity index (χ1n) is 6.33. The highest BCUT2D eigenvalue weighted by molar-refractivity contribution is 6.04. The van der Waals surface area contributed by atoms with Crippen LogP contribution in [0.5, 0.6) is 0 Å². The summed E-state index contributed by atoms with van der Waals surface area (Å²) in [7, 11) is 0. The molecule has 8 heteroatoms. The first-order chi connectivity index (χ1) is 9.49. The van der Waals surface area contributed by atoms with Crippen LogP contribution in [0.3, 0.4) is 0 Å². The number of nitrogens with zero attached hydrogens (tertiary/aromatic N) is 3. The van der Waals surface area contributed by atoms with E-state index in [1.165, 1.54) is 13.3 Å². The van der Waals surface area contributed by atoms with Crippen LogP contribution in [0.15, 0.2) is 6.33 Å². The van der Waals surface area contributed by atoms with Crippen LogP contribution in [0, 0.1) is 0 Å². The van der Waals surface area contributed by atoms with Crippen molar-refractivity contribution in [1.29, 1.82) is 0 Å². The van der Waals surface area contributed by atoms with Crippen molar-refractivity contribution in [3.05, 3.63) is 17.7 Å². The first kappa shape index (κ1) is 14.2. The Balaban J connectivity index is 2.00. The van der Waals surface area contributed by atoms with Crippen molar-refractivity contribution < 1.29 is 14.4 Å². The molecule has 2 rings (SSSR count). The van der Waals surface area contributed by atoms with Gasteiger partial charge in [0.15, 0.2) is 5.78 Å². The zero-order valence-electron chi connectivity index (χ0n) is 11.3. The van der Waals surface area contributed by atoms with Gasteiger partial charge >= 0.3 is 0 Å². The van der Waals surface area contributed by atoms with Crippen molar-refractivity contribution in [2.24, 2.45) is 5.73 Å². The molecule has 1 aliphatic rings. The molecule has 1 aliphatic heterocycles. The number of ketones is 1. The lowest BCUT2D eigenvalue weighted by Gasteiger charge is -2.33. The average Bonchev–Trinajstić information content (AvgIpc) is 2.87. The number of carbonyl (C=O) groups is 3. The van der Waals surface area contributed by atoms with E-state index < -0.39 is 0 Å². The molecule has 0 spiro atoms. The molecule has 0 saturated carbocycles. The van der Waals surface area contributed by atoms with Crippen LogP contribution in [0.1, 0.15) is 27.9 Å². The van der Waals surface area contributed by atoms with Crippen LogP contribution in [0.25, 0.3) is 0 Å². The van der Waals surface area contributed by atoms with Gasteiger partial charge in [-0.3, -0.25) is 19.3 Å². The summed E-state index contributed by atoms with van der Waals surface area (Å²) in [4.78, 5) is 44.6. The summed E-state index contributed by atoms with van der Waals surface area (Å²) in [6, 6.07) is 0. The van der Waals surface area contributed by atoms with Crippen LogP contribution in [0.4, 0.5) is 0 Å². The second-order valence-electron chi connectivity index (χ2n) is 4.72. The van der Waals surface area contributed by atoms with Gasteiger partial charge in [-0.15, -0.1) is 0 Å².